The second-order valence-corrected chi connectivity index (χ2v) is 6.30. The van der Waals surface area contributed by atoms with Crippen LogP contribution in [-0.2, 0) is 19.7 Å². The van der Waals surface area contributed by atoms with Gasteiger partial charge in [-0.1, -0.05) is 0 Å². The molecule has 0 radical (unpaired) electrons. The molecule has 26 heavy (non-hydrogen) atoms. The first-order chi connectivity index (χ1) is 12.5. The highest BCUT2D eigenvalue weighted by Gasteiger charge is 2.14. The van der Waals surface area contributed by atoms with Crippen molar-refractivity contribution < 1.29 is 14.6 Å². The van der Waals surface area contributed by atoms with Crippen molar-refractivity contribution in [1.82, 2.24) is 19.7 Å². The molecule has 1 aromatic carbocycles. The van der Waals surface area contributed by atoms with Gasteiger partial charge in [0, 0.05) is 42.2 Å². The molecule has 0 atom stereocenters. The zero-order valence-corrected chi connectivity index (χ0v) is 14.7. The lowest BCUT2D eigenvalue weighted by atomic mass is 10.1. The molecule has 0 spiro atoms. The predicted octanol–water partition coefficient (Wildman–Crippen LogP) is 2.54. The van der Waals surface area contributed by atoms with Crippen LogP contribution in [0.1, 0.15) is 22.4 Å². The average molecular weight is 356 g/mol. The van der Waals surface area contributed by atoms with Gasteiger partial charge in [0.2, 0.25) is 0 Å². The maximum atomic E-state index is 13.0. The molecule has 2 N–H and O–H groups in total. The van der Waals surface area contributed by atoms with Crippen molar-refractivity contribution in [2.24, 2.45) is 0 Å². The Hall–Kier alpha value is -2.77. The molecule has 0 fully saturated rings. The van der Waals surface area contributed by atoms with E-state index in [-0.39, 0.29) is 18.2 Å². The van der Waals surface area contributed by atoms with Gasteiger partial charge in [0.15, 0.2) is 0 Å². The summed E-state index contributed by atoms with van der Waals surface area (Å²) >= 11 is 0. The Balaban J connectivity index is 1.72. The molecule has 0 amide bonds. The zero-order valence-electron chi connectivity index (χ0n) is 14.7. The van der Waals surface area contributed by atoms with Crippen LogP contribution in [0.25, 0.3) is 5.69 Å². The number of halogens is 1. The summed E-state index contributed by atoms with van der Waals surface area (Å²) in [7, 11) is 1.92. The van der Waals surface area contributed by atoms with Crippen LogP contribution in [-0.4, -0.2) is 36.9 Å². The third kappa shape index (κ3) is 3.89. The van der Waals surface area contributed by atoms with Gasteiger partial charge in [-0.2, -0.15) is 5.10 Å². The molecule has 0 aliphatic heterocycles. The van der Waals surface area contributed by atoms with Crippen LogP contribution in [0.15, 0.2) is 42.9 Å². The van der Waals surface area contributed by atoms with Crippen LogP contribution in [0, 0.1) is 12.7 Å². The van der Waals surface area contributed by atoms with E-state index < -0.39 is 0 Å². The number of aromatic hydroxyl groups is 1. The van der Waals surface area contributed by atoms with Crippen LogP contribution >= 0.6 is 0 Å². The summed E-state index contributed by atoms with van der Waals surface area (Å²) in [6, 6.07) is 6.13. The molecule has 0 unspecified atom stereocenters. The van der Waals surface area contributed by atoms with Gasteiger partial charge in [0.1, 0.15) is 11.6 Å². The number of nitrogens with zero attached hydrogens (tertiary/aromatic N) is 4. The highest BCUT2D eigenvalue weighted by Crippen LogP contribution is 2.25. The predicted molar refractivity (Wildman–Crippen MR) is 95.3 cm³/mol. The van der Waals surface area contributed by atoms with Gasteiger partial charge in [-0.05, 0) is 38.2 Å². The van der Waals surface area contributed by atoms with Crippen molar-refractivity contribution in [3.05, 3.63) is 71.1 Å². The third-order valence-corrected chi connectivity index (χ3v) is 4.21. The van der Waals surface area contributed by atoms with Crippen LogP contribution < -0.4 is 0 Å². The fraction of sp³-hybridized carbons (Fsp3) is 0.263. The normalized spacial score (nSPS) is 11.3. The van der Waals surface area contributed by atoms with Crippen LogP contribution in [0.2, 0.25) is 0 Å². The minimum atomic E-state index is -0.284. The Morgan fingerprint density at radius 3 is 2.58 bits per heavy atom. The topological polar surface area (TPSA) is 74.4 Å². The number of aryl methyl sites for hydroxylation is 1. The maximum Gasteiger partial charge on any atom is 0.141 e. The second-order valence-electron chi connectivity index (χ2n) is 6.30. The number of rotatable bonds is 6. The van der Waals surface area contributed by atoms with E-state index in [0.717, 1.165) is 11.3 Å². The Morgan fingerprint density at radius 2 is 1.88 bits per heavy atom. The Bertz CT molecular complexity index is 893. The molecule has 0 saturated heterocycles. The van der Waals surface area contributed by atoms with Gasteiger partial charge in [-0.15, -0.1) is 0 Å². The first kappa shape index (κ1) is 18.0. The average Bonchev–Trinajstić information content (AvgIpc) is 3.08. The van der Waals surface area contributed by atoms with E-state index in [4.69, 9.17) is 0 Å². The van der Waals surface area contributed by atoms with Gasteiger partial charge in [-0.25, -0.2) is 9.07 Å². The zero-order chi connectivity index (χ0) is 18.7. The van der Waals surface area contributed by atoms with Crippen molar-refractivity contribution in [3.8, 4) is 11.4 Å². The number of benzene rings is 1. The van der Waals surface area contributed by atoms with Crippen molar-refractivity contribution in [2.45, 2.75) is 26.6 Å². The molecule has 0 aliphatic rings. The van der Waals surface area contributed by atoms with Gasteiger partial charge in [0.05, 0.1) is 24.2 Å². The molecule has 6 nitrogen and oxygen atoms in total. The van der Waals surface area contributed by atoms with Gasteiger partial charge in [0.25, 0.3) is 0 Å². The Kier molecular flexibility index (Phi) is 5.29. The lowest BCUT2D eigenvalue weighted by Gasteiger charge is -2.19. The number of pyridine rings is 1. The van der Waals surface area contributed by atoms with E-state index in [1.165, 1.54) is 12.1 Å². The number of aliphatic hydroxyl groups is 1. The second kappa shape index (κ2) is 7.63. The SMILES string of the molecule is Cc1ncc(CO)c(CN(C)Cc2cnn(-c3ccc(F)cc3)c2)c1O. The number of aliphatic hydroxyl groups excluding tert-OH is 1. The monoisotopic (exact) mass is 356 g/mol. The summed E-state index contributed by atoms with van der Waals surface area (Å²) in [5, 5.41) is 24.0. The minimum absolute atomic E-state index is 0.116. The van der Waals surface area contributed by atoms with Gasteiger partial charge >= 0.3 is 0 Å². The summed E-state index contributed by atoms with van der Waals surface area (Å²) in [5.74, 6) is -0.168. The van der Waals surface area contributed by atoms with Crippen molar-refractivity contribution in [3.63, 3.8) is 0 Å². The quantitative estimate of drug-likeness (QED) is 0.710. The first-order valence-electron chi connectivity index (χ1n) is 8.23. The lowest BCUT2D eigenvalue weighted by Crippen LogP contribution is -2.18. The highest BCUT2D eigenvalue weighted by molar-refractivity contribution is 5.40. The van der Waals surface area contributed by atoms with E-state index >= 15 is 0 Å². The van der Waals surface area contributed by atoms with Crippen molar-refractivity contribution in [2.75, 3.05) is 7.05 Å². The fourth-order valence-corrected chi connectivity index (χ4v) is 2.81. The van der Waals surface area contributed by atoms with E-state index in [1.54, 1.807) is 36.1 Å². The van der Waals surface area contributed by atoms with Crippen LogP contribution in [0.5, 0.6) is 5.75 Å². The van der Waals surface area contributed by atoms with E-state index in [1.807, 2.05) is 18.1 Å². The van der Waals surface area contributed by atoms with Crippen LogP contribution in [0.3, 0.4) is 0 Å². The molecular weight excluding hydrogens is 335 g/mol. The molecule has 0 aliphatic carbocycles. The highest BCUT2D eigenvalue weighted by atomic mass is 19.1. The molecule has 2 aromatic heterocycles. The summed E-state index contributed by atoms with van der Waals surface area (Å²) in [5.41, 5.74) is 3.59. The molecule has 3 rings (SSSR count). The largest absolute Gasteiger partial charge is 0.506 e. The molecular formula is C19H21FN4O2. The Morgan fingerprint density at radius 1 is 1.15 bits per heavy atom. The molecule has 3 aromatic rings. The summed E-state index contributed by atoms with van der Waals surface area (Å²) in [4.78, 5) is 6.09. The number of hydrogen-bond acceptors (Lipinski definition) is 5. The fourth-order valence-electron chi connectivity index (χ4n) is 2.81. The van der Waals surface area contributed by atoms with E-state index in [9.17, 15) is 14.6 Å². The molecule has 7 heteroatoms. The van der Waals surface area contributed by atoms with Gasteiger partial charge < -0.3 is 10.2 Å². The number of hydrogen-bond donors (Lipinski definition) is 2. The van der Waals surface area contributed by atoms with Crippen molar-refractivity contribution in [1.29, 1.82) is 0 Å². The first-order valence-corrected chi connectivity index (χ1v) is 8.23. The summed E-state index contributed by atoms with van der Waals surface area (Å²) < 4.78 is 14.7. The molecule has 0 bridgehead atoms. The third-order valence-electron chi connectivity index (χ3n) is 4.21. The molecule has 0 saturated carbocycles. The molecule has 2 heterocycles. The minimum Gasteiger partial charge on any atom is -0.506 e. The van der Waals surface area contributed by atoms with E-state index in [0.29, 0.717) is 29.9 Å². The smallest absolute Gasteiger partial charge is 0.141 e. The maximum absolute atomic E-state index is 13.0. The number of aromatic nitrogens is 3. The Labute approximate surface area is 151 Å². The summed E-state index contributed by atoms with van der Waals surface area (Å²) in [6.45, 7) is 2.62. The van der Waals surface area contributed by atoms with Crippen molar-refractivity contribution >= 4 is 0 Å². The summed E-state index contributed by atoms with van der Waals surface area (Å²) in [6.07, 6.45) is 5.23. The van der Waals surface area contributed by atoms with E-state index in [2.05, 4.69) is 10.1 Å². The molecule has 136 valence electrons. The van der Waals surface area contributed by atoms with Gasteiger partial charge in [-0.3, -0.25) is 9.88 Å². The lowest BCUT2D eigenvalue weighted by molar-refractivity contribution is 0.270. The standard InChI is InChI=1S/C19H21FN4O2/c1-13-19(26)18(15(12-25)8-21-13)11-23(2)9-14-7-22-24(10-14)17-5-3-16(20)4-6-17/h3-8,10,25-26H,9,11-12H2,1-2H3. The van der Waals surface area contributed by atoms with Crippen LogP contribution in [0.4, 0.5) is 4.39 Å².